The molecular formula is C16H21ClN2O4. The van der Waals surface area contributed by atoms with Gasteiger partial charge in [-0.25, -0.2) is 4.79 Å². The number of halogens is 1. The minimum Gasteiger partial charge on any atom is -0.491 e. The zero-order valence-corrected chi connectivity index (χ0v) is 14.0. The Hall–Kier alpha value is -1.79. The molecule has 1 saturated heterocycles. The van der Waals surface area contributed by atoms with Gasteiger partial charge in [0.1, 0.15) is 12.4 Å². The van der Waals surface area contributed by atoms with E-state index in [9.17, 15) is 9.59 Å². The van der Waals surface area contributed by atoms with Crippen LogP contribution in [0.1, 0.15) is 24.2 Å². The second-order valence-corrected chi connectivity index (χ2v) is 6.22. The lowest BCUT2D eigenvalue weighted by Gasteiger charge is -2.37. The van der Waals surface area contributed by atoms with E-state index in [4.69, 9.17) is 21.4 Å². The van der Waals surface area contributed by atoms with Crippen LogP contribution in [0.15, 0.2) is 18.2 Å². The van der Waals surface area contributed by atoms with Gasteiger partial charge in [0.25, 0.3) is 0 Å². The number of ether oxygens (including phenoxy) is 1. The monoisotopic (exact) mass is 340 g/mol. The molecule has 0 aromatic heterocycles. The van der Waals surface area contributed by atoms with E-state index in [0.717, 1.165) is 6.54 Å². The summed E-state index contributed by atoms with van der Waals surface area (Å²) in [6.45, 7) is 6.44. The number of piperazine rings is 1. The molecule has 1 fully saturated rings. The van der Waals surface area contributed by atoms with E-state index in [-0.39, 0.29) is 28.5 Å². The lowest BCUT2D eigenvalue weighted by atomic mass is 10.00. The van der Waals surface area contributed by atoms with Crippen LogP contribution in [0.5, 0.6) is 5.75 Å². The molecule has 6 nitrogen and oxygen atoms in total. The summed E-state index contributed by atoms with van der Waals surface area (Å²) in [7, 11) is 0. The number of hydrogen-bond acceptors (Lipinski definition) is 4. The van der Waals surface area contributed by atoms with Gasteiger partial charge in [-0.3, -0.25) is 9.69 Å². The molecule has 1 unspecified atom stereocenters. The molecular weight excluding hydrogens is 320 g/mol. The molecule has 23 heavy (non-hydrogen) atoms. The lowest BCUT2D eigenvalue weighted by molar-refractivity contribution is -0.130. The van der Waals surface area contributed by atoms with Crippen LogP contribution in [0.3, 0.4) is 0 Å². The number of benzene rings is 1. The van der Waals surface area contributed by atoms with Gasteiger partial charge in [-0.1, -0.05) is 25.4 Å². The van der Waals surface area contributed by atoms with Crippen molar-refractivity contribution < 1.29 is 19.4 Å². The maximum Gasteiger partial charge on any atom is 0.335 e. The third-order valence-corrected chi connectivity index (χ3v) is 4.10. The van der Waals surface area contributed by atoms with Crippen molar-refractivity contribution >= 4 is 23.5 Å². The van der Waals surface area contributed by atoms with Gasteiger partial charge in [0.2, 0.25) is 5.91 Å². The Morgan fingerprint density at radius 3 is 2.87 bits per heavy atom. The maximum atomic E-state index is 12.0. The smallest absolute Gasteiger partial charge is 0.335 e. The fourth-order valence-electron chi connectivity index (χ4n) is 2.73. The number of nitrogens with one attached hydrogen (secondary N) is 1. The summed E-state index contributed by atoms with van der Waals surface area (Å²) in [4.78, 5) is 24.9. The minimum absolute atomic E-state index is 0.0510. The number of nitrogens with zero attached hydrogens (tertiary/aromatic N) is 1. The summed E-state index contributed by atoms with van der Waals surface area (Å²) in [5, 5.41) is 12.1. The van der Waals surface area contributed by atoms with E-state index in [1.165, 1.54) is 12.1 Å². The fourth-order valence-corrected chi connectivity index (χ4v) is 2.97. The molecule has 1 heterocycles. The highest BCUT2D eigenvalue weighted by Crippen LogP contribution is 2.25. The number of carboxylic acid groups (broad SMARTS) is 1. The quantitative estimate of drug-likeness (QED) is 0.826. The van der Waals surface area contributed by atoms with Gasteiger partial charge in [-0.2, -0.15) is 0 Å². The van der Waals surface area contributed by atoms with Crippen LogP contribution in [0.25, 0.3) is 0 Å². The summed E-state index contributed by atoms with van der Waals surface area (Å²) in [6.07, 6.45) is 0. The molecule has 2 rings (SSSR count). The van der Waals surface area contributed by atoms with Crippen LogP contribution in [0, 0.1) is 5.92 Å². The van der Waals surface area contributed by atoms with E-state index >= 15 is 0 Å². The number of carbonyl (C=O) groups excluding carboxylic acids is 1. The summed E-state index contributed by atoms with van der Waals surface area (Å²) in [5.74, 6) is -0.319. The Bertz CT molecular complexity index is 591. The first kappa shape index (κ1) is 17.6. The molecule has 0 radical (unpaired) electrons. The average Bonchev–Trinajstić information content (AvgIpc) is 2.48. The van der Waals surface area contributed by atoms with Crippen LogP contribution in [-0.2, 0) is 4.79 Å². The van der Waals surface area contributed by atoms with Crippen molar-refractivity contribution in [2.45, 2.75) is 19.9 Å². The third kappa shape index (κ3) is 4.36. The van der Waals surface area contributed by atoms with E-state index in [1.807, 2.05) is 13.8 Å². The molecule has 0 aliphatic carbocycles. The first-order valence-electron chi connectivity index (χ1n) is 7.57. The van der Waals surface area contributed by atoms with Crippen molar-refractivity contribution in [3.05, 3.63) is 28.8 Å². The average molecular weight is 341 g/mol. The molecule has 1 aromatic carbocycles. The van der Waals surface area contributed by atoms with Gasteiger partial charge in [-0.15, -0.1) is 0 Å². The van der Waals surface area contributed by atoms with Crippen LogP contribution >= 0.6 is 11.6 Å². The highest BCUT2D eigenvalue weighted by atomic mass is 35.5. The summed E-state index contributed by atoms with van der Waals surface area (Å²) in [6, 6.07) is 4.21. The molecule has 7 heteroatoms. The number of carboxylic acids is 1. The van der Waals surface area contributed by atoms with Gasteiger partial charge in [-0.05, 0) is 24.1 Å². The van der Waals surface area contributed by atoms with E-state index in [0.29, 0.717) is 25.4 Å². The molecule has 1 atom stereocenters. The van der Waals surface area contributed by atoms with Crippen LogP contribution < -0.4 is 10.1 Å². The molecule has 1 aliphatic rings. The van der Waals surface area contributed by atoms with Gasteiger partial charge in [0, 0.05) is 19.6 Å². The lowest BCUT2D eigenvalue weighted by Crippen LogP contribution is -2.58. The van der Waals surface area contributed by atoms with Crippen molar-refractivity contribution in [2.75, 3.05) is 26.2 Å². The molecule has 126 valence electrons. The van der Waals surface area contributed by atoms with Crippen molar-refractivity contribution in [1.29, 1.82) is 0 Å². The normalized spacial score (nSPS) is 18.8. The van der Waals surface area contributed by atoms with E-state index in [1.54, 1.807) is 6.07 Å². The standard InChI is InChI=1S/C16H21ClN2O4/c1-10(2)14-15(20)18-5-6-19(14)7-8-23-13-4-3-11(16(21)22)9-12(13)17/h3-4,9-10,14H,5-8H2,1-2H3,(H,18,20)(H,21,22). The highest BCUT2D eigenvalue weighted by Gasteiger charge is 2.31. The number of carbonyl (C=O) groups is 2. The van der Waals surface area contributed by atoms with Crippen LogP contribution in [0.2, 0.25) is 5.02 Å². The zero-order chi connectivity index (χ0) is 17.0. The molecule has 0 bridgehead atoms. The predicted molar refractivity (Wildman–Crippen MR) is 87.1 cm³/mol. The molecule has 0 spiro atoms. The van der Waals surface area contributed by atoms with E-state index in [2.05, 4.69) is 10.2 Å². The van der Waals surface area contributed by atoms with Crippen molar-refractivity contribution in [3.63, 3.8) is 0 Å². The Balaban J connectivity index is 1.93. The Morgan fingerprint density at radius 1 is 1.52 bits per heavy atom. The molecule has 1 aromatic rings. The fraction of sp³-hybridized carbons (Fsp3) is 0.500. The highest BCUT2D eigenvalue weighted by molar-refractivity contribution is 6.32. The first-order valence-corrected chi connectivity index (χ1v) is 7.95. The molecule has 0 saturated carbocycles. The molecule has 1 amide bonds. The van der Waals surface area contributed by atoms with E-state index < -0.39 is 5.97 Å². The third-order valence-electron chi connectivity index (χ3n) is 3.81. The molecule has 1 aliphatic heterocycles. The van der Waals surface area contributed by atoms with Gasteiger partial charge >= 0.3 is 5.97 Å². The second kappa shape index (κ2) is 7.66. The number of hydrogen-bond donors (Lipinski definition) is 2. The largest absolute Gasteiger partial charge is 0.491 e. The first-order chi connectivity index (χ1) is 10.9. The number of aromatic carboxylic acids is 1. The van der Waals surface area contributed by atoms with Gasteiger partial charge in [0.15, 0.2) is 0 Å². The number of amides is 1. The number of rotatable bonds is 6. The summed E-state index contributed by atoms with van der Waals surface area (Å²) < 4.78 is 5.64. The SMILES string of the molecule is CC(C)C1C(=O)NCCN1CCOc1ccc(C(=O)O)cc1Cl. The minimum atomic E-state index is -1.03. The Kier molecular flexibility index (Phi) is 5.85. The van der Waals surface area contributed by atoms with Gasteiger partial charge in [0.05, 0.1) is 16.6 Å². The van der Waals surface area contributed by atoms with Crippen molar-refractivity contribution in [3.8, 4) is 5.75 Å². The maximum absolute atomic E-state index is 12.0. The van der Waals surface area contributed by atoms with Crippen molar-refractivity contribution in [1.82, 2.24) is 10.2 Å². The van der Waals surface area contributed by atoms with Crippen LogP contribution in [-0.4, -0.2) is 54.2 Å². The van der Waals surface area contributed by atoms with Crippen molar-refractivity contribution in [2.24, 2.45) is 5.92 Å². The summed E-state index contributed by atoms with van der Waals surface area (Å²) in [5.41, 5.74) is 0.120. The Labute approximate surface area is 140 Å². The predicted octanol–water partition coefficient (Wildman–Crippen LogP) is 1.87. The Morgan fingerprint density at radius 2 is 2.26 bits per heavy atom. The summed E-state index contributed by atoms with van der Waals surface area (Å²) >= 11 is 6.03. The zero-order valence-electron chi connectivity index (χ0n) is 13.2. The van der Waals surface area contributed by atoms with Gasteiger partial charge < -0.3 is 15.2 Å². The molecule has 2 N–H and O–H groups in total. The van der Waals surface area contributed by atoms with Crippen LogP contribution in [0.4, 0.5) is 0 Å². The second-order valence-electron chi connectivity index (χ2n) is 5.81. The topological polar surface area (TPSA) is 78.9 Å².